The number of carbonyl (C=O) groups is 2. The van der Waals surface area contributed by atoms with Gasteiger partial charge in [0.2, 0.25) is 5.91 Å². The second-order valence-electron chi connectivity index (χ2n) is 6.38. The van der Waals surface area contributed by atoms with Crippen LogP contribution in [0.25, 0.3) is 0 Å². The van der Waals surface area contributed by atoms with Crippen LogP contribution in [0.4, 0.5) is 0 Å². The zero-order chi connectivity index (χ0) is 15.9. The molecule has 1 amide bonds. The Morgan fingerprint density at radius 3 is 2.48 bits per heavy atom. The fourth-order valence-electron chi connectivity index (χ4n) is 2.53. The smallest absolute Gasteiger partial charge is 0.303 e. The molecule has 1 atom stereocenters. The molecule has 0 aromatic rings. The van der Waals surface area contributed by atoms with Crippen molar-refractivity contribution in [2.45, 2.75) is 45.6 Å². The van der Waals surface area contributed by atoms with Gasteiger partial charge < -0.3 is 15.7 Å². The Labute approximate surface area is 127 Å². The van der Waals surface area contributed by atoms with Gasteiger partial charge >= 0.3 is 5.97 Å². The highest BCUT2D eigenvalue weighted by Gasteiger charge is 2.34. The van der Waals surface area contributed by atoms with Crippen molar-refractivity contribution in [1.29, 1.82) is 0 Å². The van der Waals surface area contributed by atoms with E-state index in [0.29, 0.717) is 18.9 Å². The Morgan fingerprint density at radius 1 is 1.29 bits per heavy atom. The Balaban J connectivity index is 2.30. The zero-order valence-corrected chi connectivity index (χ0v) is 13.4. The van der Waals surface area contributed by atoms with Crippen LogP contribution in [0.15, 0.2) is 0 Å². The molecule has 21 heavy (non-hydrogen) atoms. The van der Waals surface area contributed by atoms with E-state index in [9.17, 15) is 9.59 Å². The lowest BCUT2D eigenvalue weighted by molar-refractivity contribution is -0.137. The predicted molar refractivity (Wildman–Crippen MR) is 82.2 cm³/mol. The molecule has 0 saturated carbocycles. The summed E-state index contributed by atoms with van der Waals surface area (Å²) in [6.45, 7) is 10.2. The molecule has 1 fully saturated rings. The molecule has 1 heterocycles. The summed E-state index contributed by atoms with van der Waals surface area (Å²) in [4.78, 5) is 25.1. The fraction of sp³-hybridized carbons (Fsp3) is 0.867. The van der Waals surface area contributed by atoms with Crippen LogP contribution in [0.1, 0.15) is 40.0 Å². The van der Waals surface area contributed by atoms with Gasteiger partial charge in [-0.05, 0) is 32.6 Å². The number of amides is 1. The first kappa shape index (κ1) is 17.9. The van der Waals surface area contributed by atoms with Crippen molar-refractivity contribution in [3.63, 3.8) is 0 Å². The Kier molecular flexibility index (Phi) is 7.11. The summed E-state index contributed by atoms with van der Waals surface area (Å²) in [5.74, 6) is -0.399. The number of nitrogens with zero attached hydrogens (tertiary/aromatic N) is 1. The maximum Gasteiger partial charge on any atom is 0.303 e. The molecule has 0 radical (unpaired) electrons. The van der Waals surface area contributed by atoms with Crippen LogP contribution in [0, 0.1) is 5.92 Å². The standard InChI is InChI=1S/C15H29N3O3/c1-12(4-5-13(19)20)6-7-17-14(21)15(2,3)18-10-8-16-9-11-18/h12,16H,4-11H2,1-3H3,(H,17,21)(H,19,20). The molecule has 1 saturated heterocycles. The van der Waals surface area contributed by atoms with Crippen LogP contribution in [0.3, 0.4) is 0 Å². The molecular weight excluding hydrogens is 270 g/mol. The van der Waals surface area contributed by atoms with Gasteiger partial charge in [0, 0.05) is 39.1 Å². The lowest BCUT2D eigenvalue weighted by atomic mass is 9.99. The number of hydrogen-bond donors (Lipinski definition) is 3. The van der Waals surface area contributed by atoms with Crippen LogP contribution < -0.4 is 10.6 Å². The first-order valence-electron chi connectivity index (χ1n) is 7.80. The van der Waals surface area contributed by atoms with E-state index >= 15 is 0 Å². The van der Waals surface area contributed by atoms with E-state index in [4.69, 9.17) is 5.11 Å². The summed E-state index contributed by atoms with van der Waals surface area (Å²) in [5, 5.41) is 14.9. The monoisotopic (exact) mass is 299 g/mol. The maximum atomic E-state index is 12.3. The molecule has 1 aliphatic heterocycles. The Hall–Kier alpha value is -1.14. The summed E-state index contributed by atoms with van der Waals surface area (Å²) in [7, 11) is 0. The van der Waals surface area contributed by atoms with Gasteiger partial charge in [0.25, 0.3) is 0 Å². The largest absolute Gasteiger partial charge is 0.481 e. The SMILES string of the molecule is CC(CCNC(=O)C(C)(C)N1CCNCC1)CCC(=O)O. The molecule has 0 bridgehead atoms. The average Bonchev–Trinajstić information content (AvgIpc) is 2.45. The summed E-state index contributed by atoms with van der Waals surface area (Å²) < 4.78 is 0. The predicted octanol–water partition coefficient (Wildman–Crippen LogP) is 0.677. The molecule has 6 heteroatoms. The van der Waals surface area contributed by atoms with Crippen molar-refractivity contribution in [3.8, 4) is 0 Å². The highest BCUT2D eigenvalue weighted by Crippen LogP contribution is 2.15. The zero-order valence-electron chi connectivity index (χ0n) is 13.4. The number of rotatable bonds is 8. The lowest BCUT2D eigenvalue weighted by Gasteiger charge is -2.39. The highest BCUT2D eigenvalue weighted by atomic mass is 16.4. The summed E-state index contributed by atoms with van der Waals surface area (Å²) in [6.07, 6.45) is 1.67. The van der Waals surface area contributed by atoms with Gasteiger partial charge in [-0.2, -0.15) is 0 Å². The number of carboxylic acids is 1. The molecule has 1 unspecified atom stereocenters. The highest BCUT2D eigenvalue weighted by molar-refractivity contribution is 5.85. The maximum absolute atomic E-state index is 12.3. The molecule has 0 spiro atoms. The summed E-state index contributed by atoms with van der Waals surface area (Å²) in [5.41, 5.74) is -0.494. The van der Waals surface area contributed by atoms with Crippen molar-refractivity contribution in [2.24, 2.45) is 5.92 Å². The van der Waals surface area contributed by atoms with Gasteiger partial charge in [-0.15, -0.1) is 0 Å². The van der Waals surface area contributed by atoms with Gasteiger partial charge in [-0.25, -0.2) is 0 Å². The fourth-order valence-corrected chi connectivity index (χ4v) is 2.53. The summed E-state index contributed by atoms with van der Waals surface area (Å²) >= 11 is 0. The third-order valence-corrected chi connectivity index (χ3v) is 4.24. The van der Waals surface area contributed by atoms with Crippen molar-refractivity contribution in [1.82, 2.24) is 15.5 Å². The van der Waals surface area contributed by atoms with E-state index in [1.807, 2.05) is 20.8 Å². The van der Waals surface area contributed by atoms with Crippen LogP contribution in [0.5, 0.6) is 0 Å². The number of carbonyl (C=O) groups excluding carboxylic acids is 1. The minimum absolute atomic E-state index is 0.0508. The second-order valence-corrected chi connectivity index (χ2v) is 6.38. The third-order valence-electron chi connectivity index (χ3n) is 4.24. The molecule has 6 nitrogen and oxygen atoms in total. The topological polar surface area (TPSA) is 81.7 Å². The minimum atomic E-state index is -0.759. The number of piperazine rings is 1. The average molecular weight is 299 g/mol. The molecule has 1 rings (SSSR count). The van der Waals surface area contributed by atoms with E-state index in [1.165, 1.54) is 0 Å². The van der Waals surface area contributed by atoms with Crippen molar-refractivity contribution in [2.75, 3.05) is 32.7 Å². The minimum Gasteiger partial charge on any atom is -0.481 e. The number of nitrogens with one attached hydrogen (secondary N) is 2. The van der Waals surface area contributed by atoms with E-state index in [0.717, 1.165) is 32.6 Å². The van der Waals surface area contributed by atoms with E-state index in [-0.39, 0.29) is 12.3 Å². The second kappa shape index (κ2) is 8.34. The summed E-state index contributed by atoms with van der Waals surface area (Å²) in [6, 6.07) is 0. The quantitative estimate of drug-likeness (QED) is 0.614. The Morgan fingerprint density at radius 2 is 1.90 bits per heavy atom. The van der Waals surface area contributed by atoms with Gasteiger partial charge in [-0.1, -0.05) is 6.92 Å². The van der Waals surface area contributed by atoms with Crippen LogP contribution in [-0.4, -0.2) is 60.1 Å². The van der Waals surface area contributed by atoms with Crippen molar-refractivity contribution >= 4 is 11.9 Å². The van der Waals surface area contributed by atoms with Gasteiger partial charge in [0.1, 0.15) is 0 Å². The van der Waals surface area contributed by atoms with Crippen LogP contribution >= 0.6 is 0 Å². The number of aliphatic carboxylic acids is 1. The first-order valence-corrected chi connectivity index (χ1v) is 7.80. The van der Waals surface area contributed by atoms with Gasteiger partial charge in [0.15, 0.2) is 0 Å². The van der Waals surface area contributed by atoms with E-state index in [1.54, 1.807) is 0 Å². The number of carboxylic acid groups (broad SMARTS) is 1. The van der Waals surface area contributed by atoms with Gasteiger partial charge in [-0.3, -0.25) is 14.5 Å². The lowest BCUT2D eigenvalue weighted by Crippen LogP contribution is -2.60. The molecule has 3 N–H and O–H groups in total. The molecule has 0 aliphatic carbocycles. The normalized spacial score (nSPS) is 18.2. The first-order chi connectivity index (χ1) is 9.84. The van der Waals surface area contributed by atoms with Crippen molar-refractivity contribution < 1.29 is 14.7 Å². The van der Waals surface area contributed by atoms with Crippen molar-refractivity contribution in [3.05, 3.63) is 0 Å². The molecule has 0 aromatic heterocycles. The Bertz CT molecular complexity index is 352. The van der Waals surface area contributed by atoms with E-state index < -0.39 is 11.5 Å². The third kappa shape index (κ3) is 6.01. The number of hydrogen-bond acceptors (Lipinski definition) is 4. The molecule has 122 valence electrons. The van der Waals surface area contributed by atoms with Crippen LogP contribution in [-0.2, 0) is 9.59 Å². The molecular formula is C15H29N3O3. The van der Waals surface area contributed by atoms with Crippen LogP contribution in [0.2, 0.25) is 0 Å². The van der Waals surface area contributed by atoms with Gasteiger partial charge in [0.05, 0.1) is 5.54 Å². The molecule has 0 aromatic carbocycles. The molecule has 1 aliphatic rings. The van der Waals surface area contributed by atoms with E-state index in [2.05, 4.69) is 15.5 Å².